The van der Waals surface area contributed by atoms with Crippen molar-refractivity contribution in [2.45, 2.75) is 26.3 Å². The highest BCUT2D eigenvalue weighted by atomic mass is 16.5. The maximum absolute atomic E-state index is 5.34. The van der Waals surface area contributed by atoms with Gasteiger partial charge in [0.25, 0.3) is 0 Å². The van der Waals surface area contributed by atoms with Gasteiger partial charge in [-0.15, -0.1) is 0 Å². The Morgan fingerprint density at radius 1 is 1.18 bits per heavy atom. The lowest BCUT2D eigenvalue weighted by atomic mass is 10.3. The molecule has 0 amide bonds. The molecule has 1 N–H and O–H groups in total. The molecule has 1 aliphatic rings. The van der Waals surface area contributed by atoms with Gasteiger partial charge in [0.15, 0.2) is 0 Å². The van der Waals surface area contributed by atoms with Gasteiger partial charge >= 0.3 is 0 Å². The number of anilines is 2. The highest BCUT2D eigenvalue weighted by molar-refractivity contribution is 5.49. The van der Waals surface area contributed by atoms with Crippen molar-refractivity contribution in [2.24, 2.45) is 0 Å². The molecular formula is C16H21N5O. The Morgan fingerprint density at radius 2 is 2.05 bits per heavy atom. The zero-order valence-corrected chi connectivity index (χ0v) is 12.8. The second-order valence-corrected chi connectivity index (χ2v) is 5.25. The molecule has 0 saturated carbocycles. The van der Waals surface area contributed by atoms with Crippen LogP contribution in [0.2, 0.25) is 0 Å². The summed E-state index contributed by atoms with van der Waals surface area (Å²) >= 11 is 0. The van der Waals surface area contributed by atoms with E-state index in [0.717, 1.165) is 30.3 Å². The van der Waals surface area contributed by atoms with Crippen LogP contribution in [-0.4, -0.2) is 34.6 Å². The Bertz CT molecular complexity index is 596. The van der Waals surface area contributed by atoms with E-state index >= 15 is 0 Å². The molecule has 0 aliphatic carbocycles. The molecule has 0 atom stereocenters. The minimum Gasteiger partial charge on any atom is -0.478 e. The third-order valence-corrected chi connectivity index (χ3v) is 3.65. The van der Waals surface area contributed by atoms with Crippen molar-refractivity contribution in [3.8, 4) is 5.88 Å². The fourth-order valence-electron chi connectivity index (χ4n) is 2.50. The number of pyridine rings is 1. The number of aromatic nitrogens is 3. The number of hydrogen-bond donors (Lipinski definition) is 1. The molecule has 2 aromatic rings. The Balaban J connectivity index is 1.59. The van der Waals surface area contributed by atoms with E-state index in [9.17, 15) is 0 Å². The quantitative estimate of drug-likeness (QED) is 0.884. The Hall–Kier alpha value is -2.37. The van der Waals surface area contributed by atoms with Gasteiger partial charge in [0, 0.05) is 38.0 Å². The molecule has 1 fully saturated rings. The van der Waals surface area contributed by atoms with E-state index in [0.29, 0.717) is 19.0 Å². The standard InChI is InChI=1S/C16H21N5O/c1-2-22-16-6-5-13(11-18-16)10-17-14-9-15(20-12-19-14)21-7-3-4-8-21/h5-6,9,11-12H,2-4,7-8,10H2,1H3,(H,17,19,20). The third-order valence-electron chi connectivity index (χ3n) is 3.65. The molecule has 0 aromatic carbocycles. The van der Waals surface area contributed by atoms with Gasteiger partial charge < -0.3 is 15.0 Å². The maximum atomic E-state index is 5.34. The average Bonchev–Trinajstić information content (AvgIpc) is 3.09. The smallest absolute Gasteiger partial charge is 0.213 e. The van der Waals surface area contributed by atoms with Crippen molar-refractivity contribution in [1.29, 1.82) is 0 Å². The molecule has 1 aliphatic heterocycles. The average molecular weight is 299 g/mol. The maximum Gasteiger partial charge on any atom is 0.213 e. The molecular weight excluding hydrogens is 278 g/mol. The van der Waals surface area contributed by atoms with Crippen molar-refractivity contribution < 1.29 is 4.74 Å². The van der Waals surface area contributed by atoms with E-state index in [1.54, 1.807) is 6.33 Å². The van der Waals surface area contributed by atoms with E-state index in [2.05, 4.69) is 25.2 Å². The Labute approximate surface area is 130 Å². The molecule has 6 nitrogen and oxygen atoms in total. The van der Waals surface area contributed by atoms with E-state index in [1.807, 2.05) is 31.3 Å². The highest BCUT2D eigenvalue weighted by Gasteiger charge is 2.13. The van der Waals surface area contributed by atoms with Crippen molar-refractivity contribution in [1.82, 2.24) is 15.0 Å². The summed E-state index contributed by atoms with van der Waals surface area (Å²) in [5.74, 6) is 2.50. The van der Waals surface area contributed by atoms with Gasteiger partial charge in [-0.3, -0.25) is 0 Å². The second kappa shape index (κ2) is 7.06. The molecule has 0 bridgehead atoms. The van der Waals surface area contributed by atoms with Gasteiger partial charge in [-0.2, -0.15) is 0 Å². The minimum absolute atomic E-state index is 0.630. The first kappa shape index (κ1) is 14.6. The summed E-state index contributed by atoms with van der Waals surface area (Å²) in [6, 6.07) is 5.90. The number of ether oxygens (including phenoxy) is 1. The van der Waals surface area contributed by atoms with E-state index < -0.39 is 0 Å². The summed E-state index contributed by atoms with van der Waals surface area (Å²) in [6.07, 6.45) is 5.92. The zero-order valence-electron chi connectivity index (χ0n) is 12.8. The SMILES string of the molecule is CCOc1ccc(CNc2cc(N3CCCC3)ncn2)cn1. The summed E-state index contributed by atoms with van der Waals surface area (Å²) in [6.45, 7) is 5.42. The van der Waals surface area contributed by atoms with Crippen molar-refractivity contribution in [2.75, 3.05) is 29.9 Å². The van der Waals surface area contributed by atoms with Crippen molar-refractivity contribution in [3.05, 3.63) is 36.3 Å². The summed E-state index contributed by atoms with van der Waals surface area (Å²) in [5, 5.41) is 3.32. The molecule has 22 heavy (non-hydrogen) atoms. The molecule has 116 valence electrons. The van der Waals surface area contributed by atoms with Gasteiger partial charge in [-0.25, -0.2) is 15.0 Å². The fourth-order valence-corrected chi connectivity index (χ4v) is 2.50. The number of nitrogens with one attached hydrogen (secondary N) is 1. The molecule has 1 saturated heterocycles. The second-order valence-electron chi connectivity index (χ2n) is 5.25. The predicted octanol–water partition coefficient (Wildman–Crippen LogP) is 2.48. The molecule has 2 aromatic heterocycles. The monoisotopic (exact) mass is 299 g/mol. The Morgan fingerprint density at radius 3 is 2.77 bits per heavy atom. The molecule has 0 unspecified atom stereocenters. The topological polar surface area (TPSA) is 63.2 Å². The van der Waals surface area contributed by atoms with Gasteiger partial charge in [-0.05, 0) is 25.3 Å². The minimum atomic E-state index is 0.630. The zero-order chi connectivity index (χ0) is 15.2. The lowest BCUT2D eigenvalue weighted by Gasteiger charge is -2.16. The normalized spacial score (nSPS) is 14.1. The van der Waals surface area contributed by atoms with Crippen LogP contribution >= 0.6 is 0 Å². The lowest BCUT2D eigenvalue weighted by molar-refractivity contribution is 0.326. The summed E-state index contributed by atoms with van der Waals surface area (Å²) in [5.41, 5.74) is 1.09. The first-order valence-electron chi connectivity index (χ1n) is 7.74. The van der Waals surface area contributed by atoms with Crippen LogP contribution in [0.25, 0.3) is 0 Å². The predicted molar refractivity (Wildman–Crippen MR) is 86.2 cm³/mol. The first-order chi connectivity index (χ1) is 10.8. The third kappa shape index (κ3) is 3.63. The van der Waals surface area contributed by atoms with E-state index in [-0.39, 0.29) is 0 Å². The van der Waals surface area contributed by atoms with Crippen LogP contribution in [0.15, 0.2) is 30.7 Å². The van der Waals surface area contributed by atoms with Crippen LogP contribution in [0.3, 0.4) is 0 Å². The van der Waals surface area contributed by atoms with Crippen LogP contribution in [0.5, 0.6) is 5.88 Å². The van der Waals surface area contributed by atoms with Crippen LogP contribution in [-0.2, 0) is 6.54 Å². The lowest BCUT2D eigenvalue weighted by Crippen LogP contribution is -2.19. The molecule has 0 radical (unpaired) electrons. The number of hydrogen-bond acceptors (Lipinski definition) is 6. The summed E-state index contributed by atoms with van der Waals surface area (Å²) in [4.78, 5) is 15.2. The van der Waals surface area contributed by atoms with Crippen molar-refractivity contribution >= 4 is 11.6 Å². The molecule has 3 heterocycles. The number of rotatable bonds is 6. The number of nitrogens with zero attached hydrogens (tertiary/aromatic N) is 4. The van der Waals surface area contributed by atoms with Gasteiger partial charge in [-0.1, -0.05) is 6.07 Å². The van der Waals surface area contributed by atoms with Crippen LogP contribution < -0.4 is 15.0 Å². The fraction of sp³-hybridized carbons (Fsp3) is 0.438. The van der Waals surface area contributed by atoms with Crippen LogP contribution in [0.4, 0.5) is 11.6 Å². The molecule has 6 heteroatoms. The van der Waals surface area contributed by atoms with E-state index in [4.69, 9.17) is 4.74 Å². The largest absolute Gasteiger partial charge is 0.478 e. The van der Waals surface area contributed by atoms with Gasteiger partial charge in [0.1, 0.15) is 18.0 Å². The summed E-state index contributed by atoms with van der Waals surface area (Å²) in [7, 11) is 0. The van der Waals surface area contributed by atoms with Crippen LogP contribution in [0.1, 0.15) is 25.3 Å². The van der Waals surface area contributed by atoms with E-state index in [1.165, 1.54) is 12.8 Å². The van der Waals surface area contributed by atoms with Crippen molar-refractivity contribution in [3.63, 3.8) is 0 Å². The highest BCUT2D eigenvalue weighted by Crippen LogP contribution is 2.19. The summed E-state index contributed by atoms with van der Waals surface area (Å²) < 4.78 is 5.34. The first-order valence-corrected chi connectivity index (χ1v) is 7.74. The molecule has 0 spiro atoms. The van der Waals surface area contributed by atoms with Crippen LogP contribution in [0, 0.1) is 0 Å². The van der Waals surface area contributed by atoms with Gasteiger partial charge in [0.05, 0.1) is 6.61 Å². The van der Waals surface area contributed by atoms with Gasteiger partial charge in [0.2, 0.25) is 5.88 Å². The Kier molecular flexibility index (Phi) is 4.68. The molecule has 3 rings (SSSR count).